The highest BCUT2D eigenvalue weighted by atomic mass is 32.2. The summed E-state index contributed by atoms with van der Waals surface area (Å²) < 4.78 is 14.2. The van der Waals surface area contributed by atoms with E-state index in [1.165, 1.54) is 29.5 Å². The standard InChI is InChI=1S/C24H35N3O4S2/c1-4-18-9-7-8-12-26(18)23(29)17-32-16-22(28)25-24-27(13-14-30-5-2)20-11-10-19(31-6-3)15-21(20)33-24/h10-11,15,18H,4-9,12-14,16-17H2,1-3H3. The smallest absolute Gasteiger partial charge is 0.258 e. The Morgan fingerprint density at radius 1 is 1.18 bits per heavy atom. The minimum Gasteiger partial charge on any atom is -0.494 e. The van der Waals surface area contributed by atoms with Gasteiger partial charge in [0.15, 0.2) is 4.80 Å². The van der Waals surface area contributed by atoms with Crippen LogP contribution in [0.2, 0.25) is 0 Å². The van der Waals surface area contributed by atoms with Crippen LogP contribution in [0.5, 0.6) is 5.75 Å². The average Bonchev–Trinajstić information content (AvgIpc) is 3.15. The first-order chi connectivity index (χ1) is 16.1. The van der Waals surface area contributed by atoms with Crippen molar-refractivity contribution >= 4 is 45.1 Å². The Hall–Kier alpha value is -1.84. The fourth-order valence-electron chi connectivity index (χ4n) is 4.11. The highest BCUT2D eigenvalue weighted by Crippen LogP contribution is 2.24. The van der Waals surface area contributed by atoms with E-state index < -0.39 is 0 Å². The van der Waals surface area contributed by atoms with E-state index in [-0.39, 0.29) is 17.6 Å². The van der Waals surface area contributed by atoms with E-state index in [1.54, 1.807) is 0 Å². The largest absolute Gasteiger partial charge is 0.494 e. The summed E-state index contributed by atoms with van der Waals surface area (Å²) in [7, 11) is 0. The zero-order valence-corrected chi connectivity index (χ0v) is 21.5. The number of hydrogen-bond donors (Lipinski definition) is 0. The first kappa shape index (κ1) is 25.8. The number of thiazole rings is 1. The van der Waals surface area contributed by atoms with Gasteiger partial charge in [0.05, 0.1) is 34.9 Å². The van der Waals surface area contributed by atoms with Crippen LogP contribution in [0, 0.1) is 0 Å². The second-order valence-electron chi connectivity index (χ2n) is 7.94. The number of amides is 2. The fraction of sp³-hybridized carbons (Fsp3) is 0.625. The number of carbonyl (C=O) groups excluding carboxylic acids is 2. The van der Waals surface area contributed by atoms with E-state index in [1.807, 2.05) is 41.5 Å². The van der Waals surface area contributed by atoms with Crippen molar-refractivity contribution < 1.29 is 19.1 Å². The fourth-order valence-corrected chi connectivity index (χ4v) is 5.90. The molecule has 1 aromatic carbocycles. The summed E-state index contributed by atoms with van der Waals surface area (Å²) in [5.41, 5.74) is 1.01. The molecule has 0 bridgehead atoms. The van der Waals surface area contributed by atoms with Gasteiger partial charge < -0.3 is 18.9 Å². The molecular formula is C24H35N3O4S2. The normalized spacial score (nSPS) is 17.0. The van der Waals surface area contributed by atoms with E-state index in [0.717, 1.165) is 41.8 Å². The second-order valence-corrected chi connectivity index (χ2v) is 9.93. The lowest BCUT2D eigenvalue weighted by atomic mass is 10.0. The van der Waals surface area contributed by atoms with Gasteiger partial charge in [0, 0.05) is 25.7 Å². The van der Waals surface area contributed by atoms with Gasteiger partial charge >= 0.3 is 0 Å². The van der Waals surface area contributed by atoms with Gasteiger partial charge in [-0.25, -0.2) is 0 Å². The number of hydrogen-bond acceptors (Lipinski definition) is 6. The third-order valence-corrected chi connectivity index (χ3v) is 7.66. The first-order valence-corrected chi connectivity index (χ1v) is 13.8. The van der Waals surface area contributed by atoms with E-state index in [0.29, 0.717) is 43.0 Å². The number of nitrogens with zero attached hydrogens (tertiary/aromatic N) is 3. The summed E-state index contributed by atoms with van der Waals surface area (Å²) in [4.78, 5) is 32.3. The maximum Gasteiger partial charge on any atom is 0.258 e. The summed E-state index contributed by atoms with van der Waals surface area (Å²) in [6.45, 7) is 9.30. The molecule has 2 aromatic rings. The van der Waals surface area contributed by atoms with Gasteiger partial charge in [0.1, 0.15) is 5.75 Å². The van der Waals surface area contributed by atoms with E-state index in [2.05, 4.69) is 11.9 Å². The maximum atomic E-state index is 12.6. The van der Waals surface area contributed by atoms with Crippen LogP contribution in [0.1, 0.15) is 46.5 Å². The number of carbonyl (C=O) groups is 2. The molecule has 1 aliphatic rings. The number of thioether (sulfide) groups is 1. The Morgan fingerprint density at radius 3 is 2.79 bits per heavy atom. The van der Waals surface area contributed by atoms with E-state index >= 15 is 0 Å². The molecule has 33 heavy (non-hydrogen) atoms. The maximum absolute atomic E-state index is 12.6. The third kappa shape index (κ3) is 7.07. The number of piperidine rings is 1. The van der Waals surface area contributed by atoms with Gasteiger partial charge in [0.25, 0.3) is 5.91 Å². The molecule has 0 radical (unpaired) electrons. The molecule has 1 atom stereocenters. The molecule has 1 unspecified atom stereocenters. The Labute approximate surface area is 204 Å². The third-order valence-electron chi connectivity index (χ3n) is 5.72. The van der Waals surface area contributed by atoms with Gasteiger partial charge in [-0.15, -0.1) is 11.8 Å². The molecule has 1 fully saturated rings. The predicted octanol–water partition coefficient (Wildman–Crippen LogP) is 4.09. The van der Waals surface area contributed by atoms with Crippen LogP contribution in [0.15, 0.2) is 23.2 Å². The molecule has 182 valence electrons. The van der Waals surface area contributed by atoms with Crippen LogP contribution >= 0.6 is 23.1 Å². The number of likely N-dealkylation sites (tertiary alicyclic amines) is 1. The Balaban J connectivity index is 1.69. The molecule has 3 rings (SSSR count). The molecule has 9 heteroatoms. The average molecular weight is 494 g/mol. The lowest BCUT2D eigenvalue weighted by molar-refractivity contribution is -0.132. The predicted molar refractivity (Wildman–Crippen MR) is 135 cm³/mol. The van der Waals surface area contributed by atoms with Crippen molar-refractivity contribution in [1.82, 2.24) is 9.47 Å². The van der Waals surface area contributed by atoms with Crippen LogP contribution in [0.3, 0.4) is 0 Å². The molecule has 1 aliphatic heterocycles. The molecule has 0 spiro atoms. The number of fused-ring (bicyclic) bond motifs is 1. The molecule has 2 heterocycles. The Morgan fingerprint density at radius 2 is 2.03 bits per heavy atom. The van der Waals surface area contributed by atoms with Crippen LogP contribution in [0.25, 0.3) is 10.2 Å². The number of benzene rings is 1. The number of aromatic nitrogens is 1. The molecule has 1 aromatic heterocycles. The minimum atomic E-state index is -0.222. The van der Waals surface area contributed by atoms with Gasteiger partial charge in [-0.3, -0.25) is 9.59 Å². The number of rotatable bonds is 11. The van der Waals surface area contributed by atoms with Crippen LogP contribution in [-0.4, -0.2) is 65.2 Å². The van der Waals surface area contributed by atoms with Gasteiger partial charge in [-0.2, -0.15) is 4.99 Å². The van der Waals surface area contributed by atoms with Crippen molar-refractivity contribution in [3.8, 4) is 5.75 Å². The van der Waals surface area contributed by atoms with Gasteiger partial charge in [-0.05, 0) is 57.7 Å². The highest BCUT2D eigenvalue weighted by Gasteiger charge is 2.25. The SMILES string of the molecule is CCOCCn1c(=NC(=O)CSCC(=O)N2CCCCC2CC)sc2cc(OCC)ccc21. The van der Waals surface area contributed by atoms with Crippen molar-refractivity contribution in [2.24, 2.45) is 4.99 Å². The van der Waals surface area contributed by atoms with Crippen molar-refractivity contribution in [3.05, 3.63) is 23.0 Å². The van der Waals surface area contributed by atoms with Crippen molar-refractivity contribution in [1.29, 1.82) is 0 Å². The second kappa shape index (κ2) is 13.2. The van der Waals surface area contributed by atoms with Gasteiger partial charge in [0.2, 0.25) is 5.91 Å². The highest BCUT2D eigenvalue weighted by molar-refractivity contribution is 8.00. The van der Waals surface area contributed by atoms with Gasteiger partial charge in [-0.1, -0.05) is 18.3 Å². The summed E-state index contributed by atoms with van der Waals surface area (Å²) in [5, 5.41) is 0. The number of ether oxygens (including phenoxy) is 2. The van der Waals surface area contributed by atoms with Crippen LogP contribution < -0.4 is 9.54 Å². The summed E-state index contributed by atoms with van der Waals surface area (Å²) >= 11 is 2.83. The summed E-state index contributed by atoms with van der Waals surface area (Å²) in [5.74, 6) is 1.24. The molecular weight excluding hydrogens is 458 g/mol. The van der Waals surface area contributed by atoms with Crippen molar-refractivity contribution in [2.75, 3.05) is 37.9 Å². The molecule has 2 amide bonds. The summed E-state index contributed by atoms with van der Waals surface area (Å²) in [6.07, 6.45) is 4.33. The molecule has 1 saturated heterocycles. The topological polar surface area (TPSA) is 73.1 Å². The monoisotopic (exact) mass is 493 g/mol. The Bertz CT molecular complexity index is 1000. The molecule has 0 saturated carbocycles. The first-order valence-electron chi connectivity index (χ1n) is 11.9. The van der Waals surface area contributed by atoms with Crippen molar-refractivity contribution in [2.45, 2.75) is 59.0 Å². The molecule has 0 N–H and O–H groups in total. The minimum absolute atomic E-state index is 0.136. The summed E-state index contributed by atoms with van der Waals surface area (Å²) in [6, 6.07) is 6.27. The van der Waals surface area contributed by atoms with E-state index in [9.17, 15) is 9.59 Å². The molecule has 0 aliphatic carbocycles. The lowest BCUT2D eigenvalue weighted by Gasteiger charge is -2.35. The lowest BCUT2D eigenvalue weighted by Crippen LogP contribution is -2.44. The Kier molecular flexibility index (Phi) is 10.3. The van der Waals surface area contributed by atoms with Crippen LogP contribution in [-0.2, 0) is 20.9 Å². The van der Waals surface area contributed by atoms with Crippen LogP contribution in [0.4, 0.5) is 0 Å². The zero-order chi connectivity index (χ0) is 23.6. The quantitative estimate of drug-likeness (QED) is 0.441. The van der Waals surface area contributed by atoms with Crippen molar-refractivity contribution in [3.63, 3.8) is 0 Å². The zero-order valence-electron chi connectivity index (χ0n) is 19.9. The molecule has 7 nitrogen and oxygen atoms in total. The van der Waals surface area contributed by atoms with E-state index in [4.69, 9.17) is 9.47 Å².